The molecule has 1 saturated heterocycles. The predicted octanol–water partition coefficient (Wildman–Crippen LogP) is 3.07. The number of nitrogens with zero attached hydrogens (tertiary/aromatic N) is 2. The van der Waals surface area contributed by atoms with Crippen LogP contribution >= 0.6 is 24.0 Å². The molecule has 7 heteroatoms. The molecule has 0 spiro atoms. The van der Waals surface area contributed by atoms with E-state index >= 15 is 0 Å². The van der Waals surface area contributed by atoms with Crippen LogP contribution in [0.2, 0.25) is 0 Å². The maximum absolute atomic E-state index is 5.98. The van der Waals surface area contributed by atoms with Crippen molar-refractivity contribution in [2.75, 3.05) is 38.7 Å². The number of nitrogens with one attached hydrogen (secondary N) is 1. The van der Waals surface area contributed by atoms with Gasteiger partial charge in [0.25, 0.3) is 0 Å². The lowest BCUT2D eigenvalue weighted by Crippen LogP contribution is -2.35. The molecule has 6 nitrogen and oxygen atoms in total. The Labute approximate surface area is 177 Å². The summed E-state index contributed by atoms with van der Waals surface area (Å²) in [6.45, 7) is 5.16. The molecular weight excluding hydrogens is 455 g/mol. The predicted molar refractivity (Wildman–Crippen MR) is 120 cm³/mol. The van der Waals surface area contributed by atoms with E-state index in [4.69, 9.17) is 15.2 Å². The van der Waals surface area contributed by atoms with Crippen molar-refractivity contribution in [2.24, 2.45) is 10.7 Å². The number of hydrogen-bond acceptors (Lipinski definition) is 4. The smallest absolute Gasteiger partial charge is 0.193 e. The molecule has 0 saturated carbocycles. The van der Waals surface area contributed by atoms with Crippen molar-refractivity contribution in [1.82, 2.24) is 4.90 Å². The van der Waals surface area contributed by atoms with E-state index < -0.39 is 0 Å². The number of morpholine rings is 1. The molecule has 3 N–H and O–H groups in total. The highest BCUT2D eigenvalue weighted by molar-refractivity contribution is 14.0. The second-order valence-electron chi connectivity index (χ2n) is 6.26. The van der Waals surface area contributed by atoms with Crippen molar-refractivity contribution >= 4 is 35.6 Å². The first-order valence-corrected chi connectivity index (χ1v) is 8.82. The van der Waals surface area contributed by atoms with Gasteiger partial charge < -0.3 is 20.5 Å². The second kappa shape index (κ2) is 11.1. The first kappa shape index (κ1) is 21.5. The van der Waals surface area contributed by atoms with Crippen molar-refractivity contribution in [2.45, 2.75) is 13.1 Å². The molecule has 2 aromatic carbocycles. The topological polar surface area (TPSA) is 72.1 Å². The minimum absolute atomic E-state index is 0. The number of anilines is 1. The van der Waals surface area contributed by atoms with Crippen molar-refractivity contribution in [3.8, 4) is 5.75 Å². The average Bonchev–Trinajstić information content (AvgIpc) is 2.68. The summed E-state index contributed by atoms with van der Waals surface area (Å²) in [7, 11) is 1.64. The van der Waals surface area contributed by atoms with Gasteiger partial charge in [0.2, 0.25) is 0 Å². The first-order chi connectivity index (χ1) is 12.7. The van der Waals surface area contributed by atoms with Crippen LogP contribution in [0.4, 0.5) is 5.69 Å². The Morgan fingerprint density at radius 3 is 2.56 bits per heavy atom. The Morgan fingerprint density at radius 1 is 1.15 bits per heavy atom. The van der Waals surface area contributed by atoms with Crippen LogP contribution in [0.15, 0.2) is 53.5 Å². The van der Waals surface area contributed by atoms with E-state index in [1.807, 2.05) is 24.3 Å². The van der Waals surface area contributed by atoms with E-state index in [1.54, 1.807) is 7.11 Å². The van der Waals surface area contributed by atoms with Gasteiger partial charge >= 0.3 is 0 Å². The molecule has 0 unspecified atom stereocenters. The Hall–Kier alpha value is -1.84. The van der Waals surface area contributed by atoms with Gasteiger partial charge in [0.15, 0.2) is 5.96 Å². The number of halogens is 1. The normalized spacial score (nSPS) is 15.1. The SMILES string of the molecule is COc1cccc(NC(N)=NCc2ccc(CN3CCOCC3)cc2)c1.I. The fourth-order valence-electron chi connectivity index (χ4n) is 2.83. The highest BCUT2D eigenvalue weighted by atomic mass is 127. The maximum Gasteiger partial charge on any atom is 0.193 e. The van der Waals surface area contributed by atoms with E-state index in [2.05, 4.69) is 39.5 Å². The zero-order valence-electron chi connectivity index (χ0n) is 15.6. The monoisotopic (exact) mass is 482 g/mol. The molecule has 0 aromatic heterocycles. The molecular formula is C20H27IN4O2. The number of hydrogen-bond donors (Lipinski definition) is 2. The van der Waals surface area contributed by atoms with Crippen molar-refractivity contribution in [3.05, 3.63) is 59.7 Å². The average molecular weight is 482 g/mol. The molecule has 1 heterocycles. The minimum Gasteiger partial charge on any atom is -0.497 e. The summed E-state index contributed by atoms with van der Waals surface area (Å²) in [5.74, 6) is 1.16. The van der Waals surface area contributed by atoms with Gasteiger partial charge in [-0.3, -0.25) is 4.90 Å². The third kappa shape index (κ3) is 7.00. The zero-order chi connectivity index (χ0) is 18.2. The minimum atomic E-state index is 0. The molecule has 0 radical (unpaired) electrons. The number of ether oxygens (including phenoxy) is 2. The molecule has 0 amide bonds. The number of benzene rings is 2. The number of rotatable bonds is 6. The Bertz CT molecular complexity index is 731. The lowest BCUT2D eigenvalue weighted by molar-refractivity contribution is 0.0342. The lowest BCUT2D eigenvalue weighted by Gasteiger charge is -2.26. The zero-order valence-corrected chi connectivity index (χ0v) is 17.9. The second-order valence-corrected chi connectivity index (χ2v) is 6.26. The summed E-state index contributed by atoms with van der Waals surface area (Å²) in [6, 6.07) is 16.1. The van der Waals surface area contributed by atoms with Crippen LogP contribution in [0, 0.1) is 0 Å². The molecule has 3 rings (SSSR count). The van der Waals surface area contributed by atoms with Gasteiger partial charge in [-0.2, -0.15) is 0 Å². The van der Waals surface area contributed by atoms with Gasteiger partial charge in [-0.25, -0.2) is 4.99 Å². The third-order valence-corrected chi connectivity index (χ3v) is 4.31. The van der Waals surface area contributed by atoms with Crippen LogP contribution < -0.4 is 15.8 Å². The summed E-state index contributed by atoms with van der Waals surface area (Å²) in [4.78, 5) is 6.82. The van der Waals surface area contributed by atoms with Gasteiger partial charge in [-0.05, 0) is 23.3 Å². The molecule has 1 fully saturated rings. The number of nitrogens with two attached hydrogens (primary N) is 1. The molecule has 1 aliphatic rings. The van der Waals surface area contributed by atoms with E-state index in [1.165, 1.54) is 5.56 Å². The van der Waals surface area contributed by atoms with Gasteiger partial charge in [0.05, 0.1) is 26.9 Å². The molecule has 27 heavy (non-hydrogen) atoms. The standard InChI is InChI=1S/C20H26N4O2.HI/c1-25-19-4-2-3-18(13-19)23-20(21)22-14-16-5-7-17(8-6-16)15-24-9-11-26-12-10-24;/h2-8,13H,9-12,14-15H2,1H3,(H3,21,22,23);1H. The summed E-state index contributed by atoms with van der Waals surface area (Å²) < 4.78 is 10.6. The number of aliphatic imine (C=N–C) groups is 1. The van der Waals surface area contributed by atoms with Crippen LogP contribution in [0.3, 0.4) is 0 Å². The Morgan fingerprint density at radius 2 is 1.85 bits per heavy atom. The van der Waals surface area contributed by atoms with E-state index in [0.717, 1.165) is 49.8 Å². The fraction of sp³-hybridized carbons (Fsp3) is 0.350. The molecule has 0 bridgehead atoms. The fourth-order valence-corrected chi connectivity index (χ4v) is 2.83. The summed E-state index contributed by atoms with van der Waals surface area (Å²) in [5, 5.41) is 3.08. The Balaban J connectivity index is 0.00000261. The van der Waals surface area contributed by atoms with E-state index in [-0.39, 0.29) is 24.0 Å². The Kier molecular flexibility index (Phi) is 8.83. The lowest BCUT2D eigenvalue weighted by atomic mass is 10.1. The summed E-state index contributed by atoms with van der Waals surface area (Å²) in [5.41, 5.74) is 9.27. The first-order valence-electron chi connectivity index (χ1n) is 8.82. The largest absolute Gasteiger partial charge is 0.497 e. The van der Waals surface area contributed by atoms with Gasteiger partial charge in [-0.15, -0.1) is 24.0 Å². The third-order valence-electron chi connectivity index (χ3n) is 4.31. The summed E-state index contributed by atoms with van der Waals surface area (Å²) in [6.07, 6.45) is 0. The number of methoxy groups -OCH3 is 1. The quantitative estimate of drug-likeness (QED) is 0.376. The van der Waals surface area contributed by atoms with E-state index in [0.29, 0.717) is 12.5 Å². The summed E-state index contributed by atoms with van der Waals surface area (Å²) >= 11 is 0. The highest BCUT2D eigenvalue weighted by Gasteiger charge is 2.10. The van der Waals surface area contributed by atoms with Crippen LogP contribution in [-0.2, 0) is 17.8 Å². The maximum atomic E-state index is 5.98. The van der Waals surface area contributed by atoms with Crippen molar-refractivity contribution < 1.29 is 9.47 Å². The van der Waals surface area contributed by atoms with Crippen LogP contribution in [0.5, 0.6) is 5.75 Å². The van der Waals surface area contributed by atoms with Crippen molar-refractivity contribution in [3.63, 3.8) is 0 Å². The molecule has 0 aliphatic carbocycles. The number of guanidine groups is 1. The van der Waals surface area contributed by atoms with Gasteiger partial charge in [-0.1, -0.05) is 30.3 Å². The van der Waals surface area contributed by atoms with Crippen LogP contribution in [-0.4, -0.2) is 44.3 Å². The van der Waals surface area contributed by atoms with Gasteiger partial charge in [0.1, 0.15) is 5.75 Å². The van der Waals surface area contributed by atoms with Gasteiger partial charge in [0, 0.05) is 31.4 Å². The molecule has 1 aliphatic heterocycles. The van der Waals surface area contributed by atoms with E-state index in [9.17, 15) is 0 Å². The molecule has 0 atom stereocenters. The van der Waals surface area contributed by atoms with Crippen LogP contribution in [0.25, 0.3) is 0 Å². The molecule has 2 aromatic rings. The molecule has 146 valence electrons. The highest BCUT2D eigenvalue weighted by Crippen LogP contribution is 2.16. The van der Waals surface area contributed by atoms with Crippen molar-refractivity contribution in [1.29, 1.82) is 0 Å². The van der Waals surface area contributed by atoms with Crippen LogP contribution in [0.1, 0.15) is 11.1 Å².